The highest BCUT2D eigenvalue weighted by Gasteiger charge is 2.19. The van der Waals surface area contributed by atoms with Crippen LogP contribution in [-0.4, -0.2) is 16.2 Å². The first-order valence-corrected chi connectivity index (χ1v) is 5.07. The summed E-state index contributed by atoms with van der Waals surface area (Å²) >= 11 is 0. The highest BCUT2D eigenvalue weighted by Crippen LogP contribution is 2.20. The van der Waals surface area contributed by atoms with E-state index >= 15 is 0 Å². The second kappa shape index (κ2) is 3.10. The Morgan fingerprint density at radius 1 is 1.43 bits per heavy atom. The third-order valence-electron chi connectivity index (χ3n) is 2.68. The minimum atomic E-state index is 0.771. The van der Waals surface area contributed by atoms with E-state index in [2.05, 4.69) is 33.7 Å². The number of rotatable bonds is 3. The minimum absolute atomic E-state index is 0.771. The third-order valence-corrected chi connectivity index (χ3v) is 2.68. The second-order valence-corrected chi connectivity index (χ2v) is 3.95. The molecule has 0 atom stereocenters. The number of aromatic amines is 1. The molecule has 2 N–H and O–H groups in total. The zero-order valence-electron chi connectivity index (χ0n) is 7.96. The van der Waals surface area contributed by atoms with Gasteiger partial charge >= 0.3 is 0 Å². The van der Waals surface area contributed by atoms with Gasteiger partial charge in [-0.15, -0.1) is 0 Å². The maximum Gasteiger partial charge on any atom is 0.0653 e. The smallest absolute Gasteiger partial charge is 0.0653 e. The van der Waals surface area contributed by atoms with Crippen LogP contribution in [0.3, 0.4) is 0 Å². The molecule has 1 aliphatic rings. The fraction of sp³-hybridized carbons (Fsp3) is 0.364. The normalized spacial score (nSPS) is 16.3. The van der Waals surface area contributed by atoms with Crippen LogP contribution in [0.5, 0.6) is 0 Å². The molecule has 1 heterocycles. The average molecular weight is 187 g/mol. The molecule has 2 aromatic rings. The lowest BCUT2D eigenvalue weighted by Crippen LogP contribution is -2.15. The summed E-state index contributed by atoms with van der Waals surface area (Å²) in [6, 6.07) is 7.21. The average Bonchev–Trinajstić information content (AvgIpc) is 2.92. The molecule has 0 amide bonds. The van der Waals surface area contributed by atoms with Crippen molar-refractivity contribution in [3.8, 4) is 0 Å². The summed E-state index contributed by atoms with van der Waals surface area (Å²) < 4.78 is 0. The second-order valence-electron chi connectivity index (χ2n) is 3.95. The molecule has 3 nitrogen and oxygen atoms in total. The Kier molecular flexibility index (Phi) is 1.77. The van der Waals surface area contributed by atoms with Gasteiger partial charge in [0.1, 0.15) is 0 Å². The van der Waals surface area contributed by atoms with Gasteiger partial charge in [-0.05, 0) is 24.5 Å². The first kappa shape index (κ1) is 8.00. The van der Waals surface area contributed by atoms with Crippen LogP contribution in [0.4, 0.5) is 0 Å². The third kappa shape index (κ3) is 1.51. The minimum Gasteiger partial charge on any atom is -0.310 e. The lowest BCUT2D eigenvalue weighted by molar-refractivity contribution is 0.688. The predicted molar refractivity (Wildman–Crippen MR) is 56.0 cm³/mol. The Morgan fingerprint density at radius 2 is 2.36 bits per heavy atom. The molecule has 3 heteroatoms. The van der Waals surface area contributed by atoms with Gasteiger partial charge in [-0.3, -0.25) is 5.10 Å². The zero-order valence-corrected chi connectivity index (χ0v) is 7.96. The number of aromatic nitrogens is 2. The molecule has 0 radical (unpaired) electrons. The van der Waals surface area contributed by atoms with E-state index in [1.54, 1.807) is 0 Å². The number of hydrogen-bond donors (Lipinski definition) is 2. The van der Waals surface area contributed by atoms with E-state index in [0.29, 0.717) is 0 Å². The standard InChI is InChI=1S/C11H13N3/c1-2-9-7-13-14-11(9)5-8(1)6-12-10-3-4-10/h1-2,5,7,10,12H,3-4,6H2,(H,13,14). The molecule has 72 valence electrons. The van der Waals surface area contributed by atoms with Crippen molar-refractivity contribution in [3.63, 3.8) is 0 Å². The van der Waals surface area contributed by atoms with E-state index in [1.807, 2.05) is 6.20 Å². The number of hydrogen-bond acceptors (Lipinski definition) is 2. The number of nitrogens with one attached hydrogen (secondary N) is 2. The summed E-state index contributed by atoms with van der Waals surface area (Å²) in [6.45, 7) is 0.972. The van der Waals surface area contributed by atoms with Gasteiger partial charge in [0.2, 0.25) is 0 Å². The molecule has 0 unspecified atom stereocenters. The maximum atomic E-state index is 4.00. The maximum absolute atomic E-state index is 4.00. The summed E-state index contributed by atoms with van der Waals surface area (Å²) in [7, 11) is 0. The summed E-state index contributed by atoms with van der Waals surface area (Å²) in [5, 5.41) is 11.7. The molecule has 3 rings (SSSR count). The lowest BCUT2D eigenvalue weighted by Gasteiger charge is -2.02. The quantitative estimate of drug-likeness (QED) is 0.769. The van der Waals surface area contributed by atoms with Crippen LogP contribution >= 0.6 is 0 Å². The number of nitrogens with zero attached hydrogens (tertiary/aromatic N) is 1. The molecular weight excluding hydrogens is 174 g/mol. The molecule has 0 aliphatic heterocycles. The fourth-order valence-corrected chi connectivity index (χ4v) is 1.64. The Morgan fingerprint density at radius 3 is 3.21 bits per heavy atom. The van der Waals surface area contributed by atoms with Crippen molar-refractivity contribution in [3.05, 3.63) is 30.0 Å². The highest BCUT2D eigenvalue weighted by atomic mass is 15.1. The van der Waals surface area contributed by atoms with Crippen LogP contribution in [0.2, 0.25) is 0 Å². The Balaban J connectivity index is 1.81. The van der Waals surface area contributed by atoms with Gasteiger partial charge in [0, 0.05) is 18.0 Å². The Labute approximate surface area is 82.5 Å². The van der Waals surface area contributed by atoms with Crippen molar-refractivity contribution in [2.45, 2.75) is 25.4 Å². The van der Waals surface area contributed by atoms with E-state index < -0.39 is 0 Å². The lowest BCUT2D eigenvalue weighted by atomic mass is 10.1. The van der Waals surface area contributed by atoms with Crippen LogP contribution < -0.4 is 5.32 Å². The van der Waals surface area contributed by atoms with Crippen molar-refractivity contribution in [2.24, 2.45) is 0 Å². The Bertz CT molecular complexity index is 442. The van der Waals surface area contributed by atoms with E-state index in [1.165, 1.54) is 23.8 Å². The molecule has 1 fully saturated rings. The summed E-state index contributed by atoms with van der Waals surface area (Å²) in [4.78, 5) is 0. The van der Waals surface area contributed by atoms with Gasteiger partial charge in [-0.2, -0.15) is 5.10 Å². The van der Waals surface area contributed by atoms with Crippen LogP contribution in [-0.2, 0) is 6.54 Å². The summed E-state index contributed by atoms with van der Waals surface area (Å²) in [5.41, 5.74) is 2.45. The van der Waals surface area contributed by atoms with E-state index in [4.69, 9.17) is 0 Å². The molecular formula is C11H13N3. The van der Waals surface area contributed by atoms with Gasteiger partial charge in [0.15, 0.2) is 0 Å². The van der Waals surface area contributed by atoms with Gasteiger partial charge in [0.25, 0.3) is 0 Å². The largest absolute Gasteiger partial charge is 0.310 e. The molecule has 0 spiro atoms. The van der Waals surface area contributed by atoms with Crippen LogP contribution in [0.1, 0.15) is 18.4 Å². The van der Waals surface area contributed by atoms with Gasteiger partial charge in [-0.25, -0.2) is 0 Å². The molecule has 1 saturated carbocycles. The van der Waals surface area contributed by atoms with E-state index in [0.717, 1.165) is 18.1 Å². The van der Waals surface area contributed by atoms with Crippen molar-refractivity contribution in [1.82, 2.24) is 15.5 Å². The first-order valence-electron chi connectivity index (χ1n) is 5.07. The SMILES string of the molecule is c1cc2cn[nH]c2cc1CNC1CC1. The van der Waals surface area contributed by atoms with Crippen LogP contribution in [0, 0.1) is 0 Å². The highest BCUT2D eigenvalue weighted by molar-refractivity contribution is 5.78. The molecule has 1 aromatic carbocycles. The predicted octanol–water partition coefficient (Wildman–Crippen LogP) is 1.81. The zero-order chi connectivity index (χ0) is 9.38. The molecule has 1 aliphatic carbocycles. The molecule has 0 bridgehead atoms. The van der Waals surface area contributed by atoms with E-state index in [9.17, 15) is 0 Å². The van der Waals surface area contributed by atoms with Crippen LogP contribution in [0.15, 0.2) is 24.4 Å². The molecule has 0 saturated heterocycles. The summed E-state index contributed by atoms with van der Waals surface area (Å²) in [6.07, 6.45) is 4.53. The van der Waals surface area contributed by atoms with Crippen molar-refractivity contribution < 1.29 is 0 Å². The van der Waals surface area contributed by atoms with E-state index in [-0.39, 0.29) is 0 Å². The van der Waals surface area contributed by atoms with Crippen molar-refractivity contribution in [2.75, 3.05) is 0 Å². The van der Waals surface area contributed by atoms with Gasteiger partial charge in [-0.1, -0.05) is 12.1 Å². The number of H-pyrrole nitrogens is 1. The van der Waals surface area contributed by atoms with Crippen molar-refractivity contribution in [1.29, 1.82) is 0 Å². The first-order chi connectivity index (χ1) is 6.92. The van der Waals surface area contributed by atoms with Gasteiger partial charge in [0.05, 0.1) is 11.7 Å². The number of benzene rings is 1. The topological polar surface area (TPSA) is 40.7 Å². The molecule has 14 heavy (non-hydrogen) atoms. The fourth-order valence-electron chi connectivity index (χ4n) is 1.64. The summed E-state index contributed by atoms with van der Waals surface area (Å²) in [5.74, 6) is 0. The molecule has 1 aromatic heterocycles. The Hall–Kier alpha value is -1.35. The number of fused-ring (bicyclic) bond motifs is 1. The van der Waals surface area contributed by atoms with Crippen LogP contribution in [0.25, 0.3) is 10.9 Å². The monoisotopic (exact) mass is 187 g/mol. The van der Waals surface area contributed by atoms with Gasteiger partial charge < -0.3 is 5.32 Å². The van der Waals surface area contributed by atoms with Crippen molar-refractivity contribution >= 4 is 10.9 Å².